The van der Waals surface area contributed by atoms with Crippen molar-refractivity contribution in [3.8, 4) is 0 Å². The fourth-order valence-corrected chi connectivity index (χ4v) is 1.84. The van der Waals surface area contributed by atoms with Crippen molar-refractivity contribution < 1.29 is 0 Å². The Hall–Kier alpha value is -0.820. The van der Waals surface area contributed by atoms with Gasteiger partial charge >= 0.3 is 0 Å². The molecule has 1 N–H and O–H groups in total. The average Bonchev–Trinajstić information content (AvgIpc) is 2.17. The van der Waals surface area contributed by atoms with Crippen LogP contribution in [0.2, 0.25) is 0 Å². The third kappa shape index (κ3) is 2.58. The quantitative estimate of drug-likeness (QED) is 0.771. The molecule has 0 bridgehead atoms. The van der Waals surface area contributed by atoms with Gasteiger partial charge in [0.1, 0.15) is 0 Å². The maximum absolute atomic E-state index is 3.18. The smallest absolute Gasteiger partial charge is 0.0202 e. The Kier molecular flexibility index (Phi) is 4.15. The molecule has 1 aromatic carbocycles. The van der Waals surface area contributed by atoms with Gasteiger partial charge in [0.25, 0.3) is 0 Å². The molecule has 0 fully saturated rings. The molecule has 0 spiro atoms. The maximum atomic E-state index is 3.18. The molecule has 0 saturated heterocycles. The van der Waals surface area contributed by atoms with Crippen LogP contribution in [0.4, 0.5) is 0 Å². The van der Waals surface area contributed by atoms with Crippen LogP contribution in [0.1, 0.15) is 43.4 Å². The number of hydrogen-bond acceptors (Lipinski definition) is 1. The fourth-order valence-electron chi connectivity index (χ4n) is 1.84. The van der Waals surface area contributed by atoms with E-state index < -0.39 is 0 Å². The predicted octanol–water partition coefficient (Wildman–Crippen LogP) is 3.09. The van der Waals surface area contributed by atoms with E-state index in [1.807, 2.05) is 7.05 Å². The number of hydrogen-bond donors (Lipinski definition) is 1. The summed E-state index contributed by atoms with van der Waals surface area (Å²) in [4.78, 5) is 0. The number of benzene rings is 1. The molecule has 78 valence electrons. The van der Waals surface area contributed by atoms with Crippen LogP contribution in [0.15, 0.2) is 18.2 Å². The largest absolute Gasteiger partial charge is 0.316 e. The van der Waals surface area contributed by atoms with E-state index in [4.69, 9.17) is 0 Å². The summed E-state index contributed by atoms with van der Waals surface area (Å²) >= 11 is 0. The molecule has 0 aliphatic rings. The Morgan fingerprint density at radius 2 is 2.00 bits per heavy atom. The zero-order valence-electron chi connectivity index (χ0n) is 9.72. The van der Waals surface area contributed by atoms with Crippen molar-refractivity contribution in [2.75, 3.05) is 7.05 Å². The van der Waals surface area contributed by atoms with Crippen molar-refractivity contribution in [2.24, 2.45) is 0 Å². The Balaban J connectivity index is 2.99. The van der Waals surface area contributed by atoms with E-state index in [9.17, 15) is 0 Å². The molecule has 0 unspecified atom stereocenters. The fraction of sp³-hybridized carbons (Fsp3) is 0.538. The van der Waals surface area contributed by atoms with Crippen LogP contribution in [0.5, 0.6) is 0 Å². The first-order valence-electron chi connectivity index (χ1n) is 5.45. The van der Waals surface area contributed by atoms with Crippen LogP contribution in [0.25, 0.3) is 0 Å². The van der Waals surface area contributed by atoms with E-state index in [0.29, 0.717) is 5.92 Å². The SMILES string of the molecule is CCc1cc(CNC)ccc1C(C)C. The number of rotatable bonds is 4. The van der Waals surface area contributed by atoms with Crippen LogP contribution in [0.3, 0.4) is 0 Å². The topological polar surface area (TPSA) is 12.0 Å². The monoisotopic (exact) mass is 191 g/mol. The molecule has 14 heavy (non-hydrogen) atoms. The lowest BCUT2D eigenvalue weighted by atomic mass is 9.94. The van der Waals surface area contributed by atoms with Crippen molar-refractivity contribution in [2.45, 2.75) is 39.7 Å². The summed E-state index contributed by atoms with van der Waals surface area (Å²) in [5.74, 6) is 0.633. The van der Waals surface area contributed by atoms with Gasteiger partial charge in [0, 0.05) is 6.54 Å². The first-order valence-corrected chi connectivity index (χ1v) is 5.45. The van der Waals surface area contributed by atoms with Crippen LogP contribution >= 0.6 is 0 Å². The van der Waals surface area contributed by atoms with E-state index in [1.54, 1.807) is 0 Å². The molecule has 1 heteroatoms. The van der Waals surface area contributed by atoms with E-state index >= 15 is 0 Å². The second kappa shape index (κ2) is 5.16. The molecule has 0 radical (unpaired) electrons. The molecule has 0 aliphatic heterocycles. The molecule has 0 amide bonds. The summed E-state index contributed by atoms with van der Waals surface area (Å²) in [5.41, 5.74) is 4.37. The van der Waals surface area contributed by atoms with Crippen molar-refractivity contribution in [3.05, 3.63) is 34.9 Å². The maximum Gasteiger partial charge on any atom is 0.0202 e. The van der Waals surface area contributed by atoms with E-state index in [-0.39, 0.29) is 0 Å². The molecular weight excluding hydrogens is 170 g/mol. The number of nitrogens with one attached hydrogen (secondary N) is 1. The van der Waals surface area contributed by atoms with Gasteiger partial charge in [-0.1, -0.05) is 39.0 Å². The first kappa shape index (κ1) is 11.3. The summed E-state index contributed by atoms with van der Waals surface area (Å²) in [7, 11) is 1.99. The summed E-state index contributed by atoms with van der Waals surface area (Å²) in [5, 5.41) is 3.18. The molecular formula is C13H21N. The molecule has 1 aromatic rings. The molecule has 0 heterocycles. The standard InChI is InChI=1S/C13H21N/c1-5-12-8-11(9-14-4)6-7-13(12)10(2)3/h6-8,10,14H,5,9H2,1-4H3. The van der Waals surface area contributed by atoms with Gasteiger partial charge in [-0.25, -0.2) is 0 Å². The highest BCUT2D eigenvalue weighted by Crippen LogP contribution is 2.21. The highest BCUT2D eigenvalue weighted by atomic mass is 14.8. The first-order chi connectivity index (χ1) is 6.69. The minimum absolute atomic E-state index is 0.633. The Labute approximate surface area is 87.5 Å². The van der Waals surface area contributed by atoms with Crippen molar-refractivity contribution in [3.63, 3.8) is 0 Å². The minimum atomic E-state index is 0.633. The molecule has 0 atom stereocenters. The van der Waals surface area contributed by atoms with Gasteiger partial charge in [-0.2, -0.15) is 0 Å². The van der Waals surface area contributed by atoms with Crippen molar-refractivity contribution >= 4 is 0 Å². The zero-order valence-corrected chi connectivity index (χ0v) is 9.72. The second-order valence-electron chi connectivity index (χ2n) is 4.07. The van der Waals surface area contributed by atoms with Gasteiger partial charge in [0.15, 0.2) is 0 Å². The molecule has 0 aromatic heterocycles. The van der Waals surface area contributed by atoms with Crippen LogP contribution < -0.4 is 5.32 Å². The van der Waals surface area contributed by atoms with Crippen LogP contribution in [0, 0.1) is 0 Å². The van der Waals surface area contributed by atoms with Crippen LogP contribution in [-0.2, 0) is 13.0 Å². The third-order valence-corrected chi connectivity index (χ3v) is 2.59. The average molecular weight is 191 g/mol. The van der Waals surface area contributed by atoms with E-state index in [2.05, 4.69) is 44.3 Å². The van der Waals surface area contributed by atoms with Gasteiger partial charge < -0.3 is 5.32 Å². The summed E-state index contributed by atoms with van der Waals surface area (Å²) in [6.45, 7) is 7.70. The van der Waals surface area contributed by atoms with Gasteiger partial charge in [0.05, 0.1) is 0 Å². The molecule has 0 aliphatic carbocycles. The summed E-state index contributed by atoms with van der Waals surface area (Å²) in [6, 6.07) is 6.83. The second-order valence-corrected chi connectivity index (χ2v) is 4.07. The highest BCUT2D eigenvalue weighted by Gasteiger charge is 2.05. The lowest BCUT2D eigenvalue weighted by molar-refractivity contribution is 0.804. The summed E-state index contributed by atoms with van der Waals surface area (Å²) in [6.07, 6.45) is 1.13. The van der Waals surface area contributed by atoms with E-state index in [1.165, 1.54) is 16.7 Å². The summed E-state index contributed by atoms with van der Waals surface area (Å²) < 4.78 is 0. The third-order valence-electron chi connectivity index (χ3n) is 2.59. The van der Waals surface area contributed by atoms with Gasteiger partial charge in [-0.3, -0.25) is 0 Å². The predicted molar refractivity (Wildman–Crippen MR) is 62.7 cm³/mol. The van der Waals surface area contributed by atoms with Gasteiger partial charge in [-0.15, -0.1) is 0 Å². The van der Waals surface area contributed by atoms with Gasteiger partial charge in [-0.05, 0) is 36.1 Å². The Morgan fingerprint density at radius 1 is 1.29 bits per heavy atom. The normalized spacial score (nSPS) is 10.9. The lowest BCUT2D eigenvalue weighted by Gasteiger charge is -2.13. The van der Waals surface area contributed by atoms with Crippen molar-refractivity contribution in [1.82, 2.24) is 5.32 Å². The lowest BCUT2D eigenvalue weighted by Crippen LogP contribution is -2.06. The van der Waals surface area contributed by atoms with Crippen LogP contribution in [-0.4, -0.2) is 7.05 Å². The minimum Gasteiger partial charge on any atom is -0.316 e. The highest BCUT2D eigenvalue weighted by molar-refractivity contribution is 5.34. The zero-order chi connectivity index (χ0) is 10.6. The molecule has 1 rings (SSSR count). The Bertz CT molecular complexity index is 289. The Morgan fingerprint density at radius 3 is 2.50 bits per heavy atom. The molecule has 0 saturated carbocycles. The number of aryl methyl sites for hydroxylation is 1. The molecule has 1 nitrogen and oxygen atoms in total. The van der Waals surface area contributed by atoms with Crippen molar-refractivity contribution in [1.29, 1.82) is 0 Å². The van der Waals surface area contributed by atoms with E-state index in [0.717, 1.165) is 13.0 Å². The van der Waals surface area contributed by atoms with Gasteiger partial charge in [0.2, 0.25) is 0 Å².